The minimum Gasteiger partial charge on any atom is -0.491 e. The van der Waals surface area contributed by atoms with Crippen molar-refractivity contribution in [2.75, 3.05) is 6.61 Å². The minimum atomic E-state index is -0.379. The highest BCUT2D eigenvalue weighted by Gasteiger charge is 2.07. The number of halogens is 1. The van der Waals surface area contributed by atoms with Crippen molar-refractivity contribution in [3.05, 3.63) is 72.3 Å². The van der Waals surface area contributed by atoms with Crippen LogP contribution in [0.4, 0.5) is 4.39 Å². The molecule has 29 heavy (non-hydrogen) atoms. The monoisotopic (exact) mass is 391 g/mol. The van der Waals surface area contributed by atoms with E-state index >= 15 is 0 Å². The number of nitrogens with zero attached hydrogens (tertiary/aromatic N) is 3. The summed E-state index contributed by atoms with van der Waals surface area (Å²) >= 11 is 0. The lowest BCUT2D eigenvalue weighted by Gasteiger charge is -2.08. The number of imidazole rings is 1. The average Bonchev–Trinajstić information content (AvgIpc) is 3.21. The smallest absolute Gasteiger partial charge is 0.165 e. The van der Waals surface area contributed by atoms with E-state index in [4.69, 9.17) is 4.74 Å². The second kappa shape index (κ2) is 8.79. The Morgan fingerprint density at radius 2 is 1.86 bits per heavy atom. The molecule has 2 N–H and O–H groups in total. The van der Waals surface area contributed by atoms with E-state index in [9.17, 15) is 4.39 Å². The van der Waals surface area contributed by atoms with Crippen LogP contribution in [0.5, 0.6) is 5.75 Å². The maximum atomic E-state index is 14.2. The van der Waals surface area contributed by atoms with Crippen LogP contribution in [0.2, 0.25) is 0 Å². The molecule has 4 aromatic rings. The molecule has 0 aliphatic rings. The van der Waals surface area contributed by atoms with Crippen LogP contribution in [0.1, 0.15) is 24.7 Å². The summed E-state index contributed by atoms with van der Waals surface area (Å²) in [5, 5.41) is 3.33. The van der Waals surface area contributed by atoms with E-state index in [1.54, 1.807) is 24.8 Å². The lowest BCUT2D eigenvalue weighted by molar-refractivity contribution is 0.301. The molecule has 2 aromatic heterocycles. The standard InChI is InChI=1S/C22H22FN5O/c1-2-7-29-21-6-4-16(9-18(21)23)17-11-25-22(26-12-17)13-24-10-15-3-5-19-20(8-15)28-14-27-19/h3-6,8-9,11-12,14,24H,2,7,10,13H2,1H3,(H,27,28). The Bertz CT molecular complexity index is 1090. The normalized spacial score (nSPS) is 11.1. The van der Waals surface area contributed by atoms with Crippen molar-refractivity contribution < 1.29 is 9.13 Å². The van der Waals surface area contributed by atoms with Crippen LogP contribution < -0.4 is 10.1 Å². The van der Waals surface area contributed by atoms with Gasteiger partial charge in [0.25, 0.3) is 0 Å². The Kier molecular flexibility index (Phi) is 5.76. The number of aromatic nitrogens is 4. The summed E-state index contributed by atoms with van der Waals surface area (Å²) in [7, 11) is 0. The Morgan fingerprint density at radius 3 is 2.66 bits per heavy atom. The topological polar surface area (TPSA) is 75.7 Å². The molecule has 2 aromatic carbocycles. The molecular formula is C22H22FN5O. The first-order valence-corrected chi connectivity index (χ1v) is 9.59. The summed E-state index contributed by atoms with van der Waals surface area (Å²) in [6.45, 7) is 3.72. The predicted molar refractivity (Wildman–Crippen MR) is 110 cm³/mol. The largest absolute Gasteiger partial charge is 0.491 e. The summed E-state index contributed by atoms with van der Waals surface area (Å²) in [5.74, 6) is 0.571. The molecule has 0 radical (unpaired) electrons. The minimum absolute atomic E-state index is 0.269. The third-order valence-electron chi connectivity index (χ3n) is 4.53. The van der Waals surface area contributed by atoms with Crippen LogP contribution >= 0.6 is 0 Å². The Morgan fingerprint density at radius 1 is 1.00 bits per heavy atom. The molecule has 0 aliphatic heterocycles. The van der Waals surface area contributed by atoms with Crippen molar-refractivity contribution in [3.63, 3.8) is 0 Å². The van der Waals surface area contributed by atoms with Gasteiger partial charge in [0.15, 0.2) is 11.6 Å². The molecule has 0 atom stereocenters. The zero-order chi connectivity index (χ0) is 20.1. The molecule has 0 spiro atoms. The molecular weight excluding hydrogens is 369 g/mol. The van der Waals surface area contributed by atoms with E-state index in [0.29, 0.717) is 25.5 Å². The fourth-order valence-electron chi connectivity index (χ4n) is 3.02. The quantitative estimate of drug-likeness (QED) is 0.470. The average molecular weight is 391 g/mol. The summed E-state index contributed by atoms with van der Waals surface area (Å²) < 4.78 is 19.5. The summed E-state index contributed by atoms with van der Waals surface area (Å²) in [4.78, 5) is 16.1. The summed E-state index contributed by atoms with van der Waals surface area (Å²) in [5.41, 5.74) is 4.61. The number of benzene rings is 2. The van der Waals surface area contributed by atoms with Gasteiger partial charge in [0.05, 0.1) is 30.5 Å². The van der Waals surface area contributed by atoms with Crippen LogP contribution in [-0.2, 0) is 13.1 Å². The summed E-state index contributed by atoms with van der Waals surface area (Å²) in [6.07, 6.45) is 5.95. The lowest BCUT2D eigenvalue weighted by atomic mass is 10.1. The number of fused-ring (bicyclic) bond motifs is 1. The first-order chi connectivity index (χ1) is 14.2. The molecule has 2 heterocycles. The number of hydrogen-bond acceptors (Lipinski definition) is 5. The van der Waals surface area contributed by atoms with Crippen LogP contribution in [-0.4, -0.2) is 26.5 Å². The van der Waals surface area contributed by atoms with Gasteiger partial charge >= 0.3 is 0 Å². The van der Waals surface area contributed by atoms with Gasteiger partial charge in [-0.2, -0.15) is 0 Å². The highest BCUT2D eigenvalue weighted by Crippen LogP contribution is 2.25. The Balaban J connectivity index is 1.35. The van der Waals surface area contributed by atoms with Crippen molar-refractivity contribution in [1.29, 1.82) is 0 Å². The van der Waals surface area contributed by atoms with Gasteiger partial charge in [0, 0.05) is 24.5 Å². The SMILES string of the molecule is CCCOc1ccc(-c2cnc(CNCc3ccc4nc[nH]c4c3)nc2)cc1F. The first kappa shape index (κ1) is 19.0. The fraction of sp³-hybridized carbons (Fsp3) is 0.227. The van der Waals surface area contributed by atoms with Gasteiger partial charge in [-0.25, -0.2) is 19.3 Å². The molecule has 0 fully saturated rings. The van der Waals surface area contributed by atoms with Crippen molar-refractivity contribution >= 4 is 11.0 Å². The van der Waals surface area contributed by atoms with E-state index in [1.807, 2.05) is 25.1 Å². The number of hydrogen-bond donors (Lipinski definition) is 2. The number of nitrogens with one attached hydrogen (secondary N) is 2. The van der Waals surface area contributed by atoms with Crippen LogP contribution in [0.15, 0.2) is 55.1 Å². The van der Waals surface area contributed by atoms with E-state index in [-0.39, 0.29) is 11.6 Å². The second-order valence-corrected chi connectivity index (χ2v) is 6.74. The number of rotatable bonds is 8. The van der Waals surface area contributed by atoms with Gasteiger partial charge in [-0.15, -0.1) is 0 Å². The molecule has 148 valence electrons. The molecule has 0 saturated carbocycles. The maximum Gasteiger partial charge on any atom is 0.165 e. The number of aromatic amines is 1. The summed E-state index contributed by atoms with van der Waals surface area (Å²) in [6, 6.07) is 11.0. The Hall–Kier alpha value is -3.32. The molecule has 7 heteroatoms. The van der Waals surface area contributed by atoms with Crippen LogP contribution in [0.25, 0.3) is 22.2 Å². The van der Waals surface area contributed by atoms with Gasteiger partial charge < -0.3 is 15.0 Å². The van der Waals surface area contributed by atoms with E-state index < -0.39 is 0 Å². The van der Waals surface area contributed by atoms with Gasteiger partial charge in [-0.1, -0.05) is 19.1 Å². The maximum absolute atomic E-state index is 14.2. The zero-order valence-electron chi connectivity index (χ0n) is 16.2. The van der Waals surface area contributed by atoms with Crippen molar-refractivity contribution in [2.24, 2.45) is 0 Å². The van der Waals surface area contributed by atoms with Crippen molar-refractivity contribution in [3.8, 4) is 16.9 Å². The van der Waals surface area contributed by atoms with Crippen LogP contribution in [0.3, 0.4) is 0 Å². The molecule has 0 bridgehead atoms. The van der Waals surface area contributed by atoms with Gasteiger partial charge in [0.2, 0.25) is 0 Å². The zero-order valence-corrected chi connectivity index (χ0v) is 16.2. The van der Waals surface area contributed by atoms with E-state index in [0.717, 1.165) is 34.1 Å². The highest BCUT2D eigenvalue weighted by atomic mass is 19.1. The fourth-order valence-corrected chi connectivity index (χ4v) is 3.02. The van der Waals surface area contributed by atoms with Gasteiger partial charge in [-0.05, 0) is 41.8 Å². The van der Waals surface area contributed by atoms with E-state index in [1.165, 1.54) is 6.07 Å². The predicted octanol–water partition coefficient (Wildman–Crippen LogP) is 4.24. The van der Waals surface area contributed by atoms with Gasteiger partial charge in [-0.3, -0.25) is 0 Å². The molecule has 4 rings (SSSR count). The third kappa shape index (κ3) is 4.57. The first-order valence-electron chi connectivity index (χ1n) is 9.59. The third-order valence-corrected chi connectivity index (χ3v) is 4.53. The van der Waals surface area contributed by atoms with Crippen LogP contribution in [0, 0.1) is 5.82 Å². The van der Waals surface area contributed by atoms with E-state index in [2.05, 4.69) is 31.3 Å². The number of ether oxygens (including phenoxy) is 1. The van der Waals surface area contributed by atoms with Crippen molar-refractivity contribution in [1.82, 2.24) is 25.3 Å². The molecule has 0 amide bonds. The molecule has 0 aliphatic carbocycles. The van der Waals surface area contributed by atoms with Gasteiger partial charge in [0.1, 0.15) is 5.82 Å². The van der Waals surface area contributed by atoms with Crippen molar-refractivity contribution in [2.45, 2.75) is 26.4 Å². The Labute approximate surface area is 168 Å². The highest BCUT2D eigenvalue weighted by molar-refractivity contribution is 5.75. The molecule has 6 nitrogen and oxygen atoms in total. The second-order valence-electron chi connectivity index (χ2n) is 6.74. The molecule has 0 saturated heterocycles. The number of H-pyrrole nitrogens is 1. The molecule has 0 unspecified atom stereocenters. The lowest BCUT2D eigenvalue weighted by Crippen LogP contribution is -2.14.